The van der Waals surface area contributed by atoms with Gasteiger partial charge >= 0.3 is 17.9 Å². The summed E-state index contributed by atoms with van der Waals surface area (Å²) in [4.78, 5) is 92.5. The molecule has 0 amide bonds. The molecule has 47 heavy (non-hydrogen) atoms. The predicted molar refractivity (Wildman–Crippen MR) is 167 cm³/mol. The average molecular weight is 659 g/mol. The van der Waals surface area contributed by atoms with E-state index >= 15 is 0 Å². The number of Topliss-reactive ketones (excluding diaryl/α,β-unsaturated/α-hetero) is 3. The third kappa shape index (κ3) is 5.60. The Hall–Kier alpha value is -3.21. The Balaban J connectivity index is 1.83. The van der Waals surface area contributed by atoms with Crippen molar-refractivity contribution in [1.82, 2.24) is 0 Å². The quantitative estimate of drug-likeness (QED) is 0.295. The number of hydrogen-bond acceptors (Lipinski definition) is 11. The Bertz CT molecular complexity index is 1470. The van der Waals surface area contributed by atoms with E-state index in [9.17, 15) is 38.7 Å². The van der Waals surface area contributed by atoms with E-state index in [0.717, 1.165) is 0 Å². The summed E-state index contributed by atoms with van der Waals surface area (Å²) in [7, 11) is 0. The van der Waals surface area contributed by atoms with Gasteiger partial charge in [0, 0.05) is 56.3 Å². The summed E-state index contributed by atoms with van der Waals surface area (Å²) < 4.78 is 16.6. The van der Waals surface area contributed by atoms with E-state index in [-0.39, 0.29) is 49.5 Å². The molecule has 0 heterocycles. The molecule has 0 saturated heterocycles. The van der Waals surface area contributed by atoms with E-state index in [1.807, 2.05) is 6.92 Å². The molecular weight excluding hydrogens is 608 g/mol. The van der Waals surface area contributed by atoms with Gasteiger partial charge in [-0.25, -0.2) is 0 Å². The van der Waals surface area contributed by atoms with Crippen molar-refractivity contribution in [3.63, 3.8) is 0 Å². The normalized spacial score (nSPS) is 37.4. The molecule has 4 aliphatic rings. The Morgan fingerprint density at radius 3 is 2.00 bits per heavy atom. The highest BCUT2D eigenvalue weighted by Crippen LogP contribution is 2.74. The summed E-state index contributed by atoms with van der Waals surface area (Å²) in [5.41, 5.74) is -7.28. The fraction of sp³-hybridized carbons (Fsp3) is 0.750. The SMILES string of the molecule is CC(=O)O[C@H]1C[C@@H]2C(=CC(=O)[C@@H]3[C@@]2(C)C(=O)C[C@]2(C)[C@@H]([C@@](C)(O)C(=O)CCC(C)(C)OC(C)=O)[C@H](OC(C)=O)C[C@@]32C)C(C)(C)C1=O. The van der Waals surface area contributed by atoms with Crippen LogP contribution < -0.4 is 0 Å². The molecule has 9 atom stereocenters. The molecule has 11 nitrogen and oxygen atoms in total. The maximum Gasteiger partial charge on any atom is 0.303 e. The molecule has 0 unspecified atom stereocenters. The minimum Gasteiger partial charge on any atom is -0.462 e. The second-order valence-electron chi connectivity index (χ2n) is 16.3. The van der Waals surface area contributed by atoms with E-state index in [4.69, 9.17) is 14.2 Å². The number of ketones is 4. The first-order chi connectivity index (χ1) is 21.3. The minimum absolute atomic E-state index is 0.0393. The van der Waals surface area contributed by atoms with E-state index in [2.05, 4.69) is 0 Å². The highest BCUT2D eigenvalue weighted by atomic mass is 16.6. The second kappa shape index (κ2) is 11.4. The molecule has 0 aromatic heterocycles. The zero-order valence-electron chi connectivity index (χ0n) is 29.5. The monoisotopic (exact) mass is 658 g/mol. The van der Waals surface area contributed by atoms with Gasteiger partial charge in [0.2, 0.25) is 0 Å². The van der Waals surface area contributed by atoms with Crippen LogP contribution in [0.15, 0.2) is 11.6 Å². The van der Waals surface area contributed by atoms with Crippen molar-refractivity contribution >= 4 is 41.0 Å². The summed E-state index contributed by atoms with van der Waals surface area (Å²) in [5, 5.41) is 12.1. The van der Waals surface area contributed by atoms with E-state index in [1.54, 1.807) is 41.5 Å². The first-order valence-corrected chi connectivity index (χ1v) is 16.4. The molecule has 3 fully saturated rings. The van der Waals surface area contributed by atoms with Gasteiger partial charge in [-0.3, -0.25) is 33.6 Å². The molecule has 260 valence electrons. The maximum atomic E-state index is 14.7. The third-order valence-corrected chi connectivity index (χ3v) is 12.3. The summed E-state index contributed by atoms with van der Waals surface area (Å²) in [6, 6.07) is 0. The highest BCUT2D eigenvalue weighted by molar-refractivity contribution is 6.05. The van der Waals surface area contributed by atoms with Crippen LogP contribution in [0, 0.1) is 39.4 Å². The summed E-state index contributed by atoms with van der Waals surface area (Å²) in [6.07, 6.45) is -0.669. The number of esters is 3. The van der Waals surface area contributed by atoms with Crippen molar-refractivity contribution in [3.05, 3.63) is 11.6 Å². The van der Waals surface area contributed by atoms with Crippen molar-refractivity contribution in [3.8, 4) is 0 Å². The van der Waals surface area contributed by atoms with E-state index in [0.29, 0.717) is 5.57 Å². The zero-order valence-corrected chi connectivity index (χ0v) is 29.5. The Morgan fingerprint density at radius 1 is 0.894 bits per heavy atom. The van der Waals surface area contributed by atoms with Gasteiger partial charge < -0.3 is 19.3 Å². The predicted octanol–water partition coefficient (Wildman–Crippen LogP) is 4.04. The van der Waals surface area contributed by atoms with Crippen LogP contribution in [0.5, 0.6) is 0 Å². The summed E-state index contributed by atoms with van der Waals surface area (Å²) >= 11 is 0. The summed E-state index contributed by atoms with van der Waals surface area (Å²) in [6.45, 7) is 17.1. The van der Waals surface area contributed by atoms with Crippen LogP contribution in [0.4, 0.5) is 0 Å². The van der Waals surface area contributed by atoms with E-state index < -0.39 is 86.5 Å². The van der Waals surface area contributed by atoms with E-state index in [1.165, 1.54) is 33.8 Å². The van der Waals surface area contributed by atoms with Gasteiger partial charge in [-0.15, -0.1) is 0 Å². The molecule has 0 spiro atoms. The van der Waals surface area contributed by atoms with Crippen molar-refractivity contribution in [1.29, 1.82) is 0 Å². The van der Waals surface area contributed by atoms with Crippen LogP contribution in [0.2, 0.25) is 0 Å². The van der Waals surface area contributed by atoms with Gasteiger partial charge in [-0.2, -0.15) is 0 Å². The number of hydrogen-bond donors (Lipinski definition) is 1. The van der Waals surface area contributed by atoms with Crippen molar-refractivity contribution in [2.45, 2.75) is 132 Å². The summed E-state index contributed by atoms with van der Waals surface area (Å²) in [5.74, 6) is -5.90. The Kier molecular flexibility index (Phi) is 8.92. The van der Waals surface area contributed by atoms with Crippen LogP contribution in [0.3, 0.4) is 0 Å². The first-order valence-electron chi connectivity index (χ1n) is 16.4. The topological polar surface area (TPSA) is 167 Å². The van der Waals surface area contributed by atoms with Gasteiger partial charge in [0.15, 0.2) is 23.5 Å². The number of ether oxygens (including phenoxy) is 3. The number of allylic oxidation sites excluding steroid dienone is 2. The van der Waals surface area contributed by atoms with Gasteiger partial charge in [0.05, 0.1) is 0 Å². The lowest BCUT2D eigenvalue weighted by Crippen LogP contribution is -2.67. The van der Waals surface area contributed by atoms with Gasteiger partial charge in [-0.05, 0) is 82.3 Å². The standard InChI is InChI=1S/C36H50O11/c1-18(37)45-24-15-22-21(32(6,7)30(24)43)14-23(40)28-33(8)16-25(46-19(2)38)29(34(33,9)17-27(42)35(22,28)10)36(11,44)26(41)12-13-31(4,5)47-20(3)39/h14,22,24-25,28-29,44H,12-13,15-17H2,1-11H3/t22-,24+,25-,28+,29+,33+,34-,35-,36+/m1/s1. The average Bonchev–Trinajstić information content (AvgIpc) is 3.11. The van der Waals surface area contributed by atoms with Crippen LogP contribution in [0.1, 0.15) is 108 Å². The number of fused-ring (bicyclic) bond motifs is 5. The van der Waals surface area contributed by atoms with Crippen molar-refractivity contribution in [2.75, 3.05) is 0 Å². The lowest BCUT2D eigenvalue weighted by Gasteiger charge is -2.63. The Morgan fingerprint density at radius 2 is 1.47 bits per heavy atom. The number of rotatable bonds is 8. The fourth-order valence-electron chi connectivity index (χ4n) is 10.0. The second-order valence-corrected chi connectivity index (χ2v) is 16.3. The van der Waals surface area contributed by atoms with Crippen molar-refractivity contribution in [2.24, 2.45) is 39.4 Å². The molecule has 0 aromatic rings. The molecule has 4 aliphatic carbocycles. The lowest BCUT2D eigenvalue weighted by atomic mass is 9.38. The first kappa shape index (κ1) is 36.6. The molecule has 1 N–H and O–H groups in total. The molecule has 0 radical (unpaired) electrons. The molecule has 11 heteroatoms. The highest BCUT2D eigenvalue weighted by Gasteiger charge is 2.77. The van der Waals surface area contributed by atoms with Gasteiger partial charge in [0.25, 0.3) is 0 Å². The molecule has 4 rings (SSSR count). The Labute approximate surface area is 276 Å². The fourth-order valence-corrected chi connectivity index (χ4v) is 10.0. The minimum atomic E-state index is -2.09. The van der Waals surface area contributed by atoms with Gasteiger partial charge in [-0.1, -0.05) is 20.8 Å². The van der Waals surface area contributed by atoms with Crippen LogP contribution >= 0.6 is 0 Å². The zero-order chi connectivity index (χ0) is 35.9. The van der Waals surface area contributed by atoms with Crippen LogP contribution in [-0.2, 0) is 47.8 Å². The number of carbonyl (C=O) groups is 7. The third-order valence-electron chi connectivity index (χ3n) is 12.3. The molecule has 0 bridgehead atoms. The maximum absolute atomic E-state index is 14.7. The number of aliphatic hydroxyl groups is 1. The smallest absolute Gasteiger partial charge is 0.303 e. The molecular formula is C36H50O11. The van der Waals surface area contributed by atoms with Crippen molar-refractivity contribution < 1.29 is 52.9 Å². The molecule has 0 aromatic carbocycles. The molecule has 0 aliphatic heterocycles. The number of carbonyl (C=O) groups excluding carboxylic acids is 7. The van der Waals surface area contributed by atoms with Crippen LogP contribution in [0.25, 0.3) is 0 Å². The molecule has 3 saturated carbocycles. The van der Waals surface area contributed by atoms with Crippen LogP contribution in [-0.4, -0.2) is 69.6 Å². The largest absolute Gasteiger partial charge is 0.462 e. The lowest BCUT2D eigenvalue weighted by molar-refractivity contribution is -0.189. The van der Waals surface area contributed by atoms with Gasteiger partial charge in [0.1, 0.15) is 23.1 Å².